The third kappa shape index (κ3) is 4.67. The molecule has 0 spiro atoms. The van der Waals surface area contributed by atoms with Gasteiger partial charge in [-0.3, -0.25) is 0 Å². The number of rotatable bonds is 5. The summed E-state index contributed by atoms with van der Waals surface area (Å²) in [6.07, 6.45) is 2.86. The van der Waals surface area contributed by atoms with Crippen LogP contribution < -0.4 is 14.8 Å². The molecule has 7 nitrogen and oxygen atoms in total. The molecule has 0 saturated carbocycles. The van der Waals surface area contributed by atoms with Crippen molar-refractivity contribution in [2.24, 2.45) is 5.92 Å². The summed E-state index contributed by atoms with van der Waals surface area (Å²) in [6, 6.07) is 12.8. The highest BCUT2D eigenvalue weighted by Gasteiger charge is 2.24. The van der Waals surface area contributed by atoms with E-state index in [0.29, 0.717) is 36.9 Å². The molecule has 0 atom stereocenters. The number of anilines is 1. The lowest BCUT2D eigenvalue weighted by Crippen LogP contribution is -2.41. The molecule has 1 N–H and O–H groups in total. The van der Waals surface area contributed by atoms with Crippen molar-refractivity contribution in [3.8, 4) is 11.5 Å². The van der Waals surface area contributed by atoms with E-state index in [1.165, 1.54) is 5.56 Å². The quantitative estimate of drug-likeness (QED) is 0.752. The Morgan fingerprint density at radius 1 is 1.10 bits per heavy atom. The summed E-state index contributed by atoms with van der Waals surface area (Å²) in [5, 5.41) is 2.89. The van der Waals surface area contributed by atoms with Crippen molar-refractivity contribution < 1.29 is 23.8 Å². The highest BCUT2D eigenvalue weighted by Crippen LogP contribution is 2.34. The molecule has 2 aromatic rings. The molecule has 0 unspecified atom stereocenters. The summed E-state index contributed by atoms with van der Waals surface area (Å²) in [5.74, 6) is 1.76. The van der Waals surface area contributed by atoms with Gasteiger partial charge in [0.15, 0.2) is 11.5 Å². The van der Waals surface area contributed by atoms with E-state index in [1.807, 2.05) is 11.0 Å². The van der Waals surface area contributed by atoms with Gasteiger partial charge in [0.05, 0.1) is 12.2 Å². The molecule has 7 heteroatoms. The summed E-state index contributed by atoms with van der Waals surface area (Å²) in [6.45, 7) is 3.78. The topological polar surface area (TPSA) is 77.1 Å². The maximum atomic E-state index is 12.6. The number of benzene rings is 2. The molecule has 2 heterocycles. The maximum Gasteiger partial charge on any atom is 0.338 e. The second kappa shape index (κ2) is 9.07. The Bertz CT molecular complexity index is 922. The normalized spacial score (nSPS) is 15.7. The van der Waals surface area contributed by atoms with Gasteiger partial charge in [-0.2, -0.15) is 0 Å². The second-order valence-corrected chi connectivity index (χ2v) is 7.55. The van der Waals surface area contributed by atoms with Crippen LogP contribution >= 0.6 is 0 Å². The van der Waals surface area contributed by atoms with Crippen LogP contribution in [-0.2, 0) is 11.2 Å². The van der Waals surface area contributed by atoms with E-state index in [9.17, 15) is 9.59 Å². The number of esters is 1. The van der Waals surface area contributed by atoms with E-state index in [-0.39, 0.29) is 12.8 Å². The minimum atomic E-state index is -0.391. The van der Waals surface area contributed by atoms with E-state index >= 15 is 0 Å². The van der Waals surface area contributed by atoms with Crippen LogP contribution in [0.25, 0.3) is 0 Å². The molecule has 1 saturated heterocycles. The molecular weight excluding hydrogens is 384 g/mol. The Morgan fingerprint density at radius 3 is 2.70 bits per heavy atom. The number of nitrogens with one attached hydrogen (secondary N) is 1. The summed E-state index contributed by atoms with van der Waals surface area (Å²) in [5.41, 5.74) is 2.25. The van der Waals surface area contributed by atoms with Gasteiger partial charge in [-0.15, -0.1) is 0 Å². The van der Waals surface area contributed by atoms with E-state index in [4.69, 9.17) is 14.2 Å². The molecule has 30 heavy (non-hydrogen) atoms. The Balaban J connectivity index is 1.28. The Hall–Kier alpha value is -3.22. The van der Waals surface area contributed by atoms with Gasteiger partial charge in [-0.1, -0.05) is 12.1 Å². The third-order valence-electron chi connectivity index (χ3n) is 5.49. The van der Waals surface area contributed by atoms with Crippen LogP contribution in [0.1, 0.15) is 35.7 Å². The molecule has 0 radical (unpaired) electrons. The number of amides is 2. The molecule has 2 aromatic carbocycles. The molecule has 0 bridgehead atoms. The van der Waals surface area contributed by atoms with Crippen LogP contribution in [0.3, 0.4) is 0 Å². The summed E-state index contributed by atoms with van der Waals surface area (Å²) >= 11 is 0. The van der Waals surface area contributed by atoms with Crippen molar-refractivity contribution in [3.05, 3.63) is 53.6 Å². The average Bonchev–Trinajstić information content (AvgIpc) is 3.22. The van der Waals surface area contributed by atoms with Crippen LogP contribution in [0, 0.1) is 5.92 Å². The van der Waals surface area contributed by atoms with Crippen molar-refractivity contribution in [2.75, 3.05) is 31.8 Å². The van der Waals surface area contributed by atoms with Gasteiger partial charge in [0.25, 0.3) is 0 Å². The second-order valence-electron chi connectivity index (χ2n) is 7.55. The summed E-state index contributed by atoms with van der Waals surface area (Å²) in [7, 11) is 0. The van der Waals surface area contributed by atoms with E-state index in [2.05, 4.69) is 17.4 Å². The fourth-order valence-electron chi connectivity index (χ4n) is 3.88. The molecule has 2 aliphatic rings. The molecular formula is C23H26N2O5. The lowest BCUT2D eigenvalue weighted by Gasteiger charge is -2.32. The zero-order chi connectivity index (χ0) is 20.9. The highest BCUT2D eigenvalue weighted by atomic mass is 16.7. The predicted octanol–water partition coefficient (Wildman–Crippen LogP) is 4.08. The van der Waals surface area contributed by atoms with Gasteiger partial charge in [-0.05, 0) is 68.0 Å². The van der Waals surface area contributed by atoms with Crippen LogP contribution in [0.5, 0.6) is 11.5 Å². The largest absolute Gasteiger partial charge is 0.462 e. The smallest absolute Gasteiger partial charge is 0.338 e. The highest BCUT2D eigenvalue weighted by molar-refractivity contribution is 5.94. The zero-order valence-electron chi connectivity index (χ0n) is 17.1. The Labute approximate surface area is 175 Å². The lowest BCUT2D eigenvalue weighted by atomic mass is 9.90. The first kappa shape index (κ1) is 20.1. The first-order valence-corrected chi connectivity index (χ1v) is 10.3. The number of likely N-dealkylation sites (tertiary alicyclic amines) is 1. The third-order valence-corrected chi connectivity index (χ3v) is 5.49. The molecule has 0 aromatic heterocycles. The van der Waals surface area contributed by atoms with Gasteiger partial charge in [-0.25, -0.2) is 9.59 Å². The van der Waals surface area contributed by atoms with Crippen molar-refractivity contribution in [1.29, 1.82) is 0 Å². The van der Waals surface area contributed by atoms with Crippen molar-refractivity contribution in [3.63, 3.8) is 0 Å². The monoisotopic (exact) mass is 410 g/mol. The van der Waals surface area contributed by atoms with Crippen LogP contribution in [0.15, 0.2) is 42.5 Å². The number of hydrogen-bond acceptors (Lipinski definition) is 5. The SMILES string of the molecule is CCOC(=O)c1cccc(NC(=O)N2CCC(Cc3ccc4c(c3)OCO4)CC2)c1. The summed E-state index contributed by atoms with van der Waals surface area (Å²) in [4.78, 5) is 26.3. The van der Waals surface area contributed by atoms with Gasteiger partial charge in [0.1, 0.15) is 0 Å². The molecule has 1 fully saturated rings. The first-order chi connectivity index (χ1) is 14.6. The van der Waals surface area contributed by atoms with Gasteiger partial charge in [0, 0.05) is 18.8 Å². The van der Waals surface area contributed by atoms with E-state index < -0.39 is 5.97 Å². The van der Waals surface area contributed by atoms with E-state index in [0.717, 1.165) is 30.8 Å². The van der Waals surface area contributed by atoms with Crippen molar-refractivity contribution in [1.82, 2.24) is 4.90 Å². The van der Waals surface area contributed by atoms with Gasteiger partial charge >= 0.3 is 12.0 Å². The molecule has 4 rings (SSSR count). The number of piperidine rings is 1. The fraction of sp³-hybridized carbons (Fsp3) is 0.391. The van der Waals surface area contributed by atoms with Crippen LogP contribution in [-0.4, -0.2) is 43.4 Å². The minimum absolute atomic E-state index is 0.141. The molecule has 0 aliphatic carbocycles. The van der Waals surface area contributed by atoms with E-state index in [1.54, 1.807) is 31.2 Å². The molecule has 2 amide bonds. The minimum Gasteiger partial charge on any atom is -0.462 e. The number of fused-ring (bicyclic) bond motifs is 1. The number of urea groups is 1. The summed E-state index contributed by atoms with van der Waals surface area (Å²) < 4.78 is 15.8. The number of nitrogens with zero attached hydrogens (tertiary/aromatic N) is 1. The lowest BCUT2D eigenvalue weighted by molar-refractivity contribution is 0.0526. The van der Waals surface area contributed by atoms with Gasteiger partial charge < -0.3 is 24.4 Å². The molecule has 2 aliphatic heterocycles. The Kier molecular flexibility index (Phi) is 6.07. The number of carbonyl (C=O) groups is 2. The fourth-order valence-corrected chi connectivity index (χ4v) is 3.88. The zero-order valence-corrected chi connectivity index (χ0v) is 17.1. The van der Waals surface area contributed by atoms with Gasteiger partial charge in [0.2, 0.25) is 6.79 Å². The number of carbonyl (C=O) groups excluding carboxylic acids is 2. The van der Waals surface area contributed by atoms with Crippen LogP contribution in [0.4, 0.5) is 10.5 Å². The number of hydrogen-bond donors (Lipinski definition) is 1. The van der Waals surface area contributed by atoms with Crippen molar-refractivity contribution >= 4 is 17.7 Å². The van der Waals surface area contributed by atoms with Crippen molar-refractivity contribution in [2.45, 2.75) is 26.2 Å². The molecule has 158 valence electrons. The van der Waals surface area contributed by atoms with Crippen LogP contribution in [0.2, 0.25) is 0 Å². The average molecular weight is 410 g/mol. The number of ether oxygens (including phenoxy) is 3. The maximum absolute atomic E-state index is 12.6. The predicted molar refractivity (Wildman–Crippen MR) is 112 cm³/mol. The standard InChI is InChI=1S/C23H26N2O5/c1-2-28-22(26)18-4-3-5-19(14-18)24-23(27)25-10-8-16(9-11-25)12-17-6-7-20-21(13-17)30-15-29-20/h3-7,13-14,16H,2,8-12,15H2,1H3,(H,24,27). The first-order valence-electron chi connectivity index (χ1n) is 10.3. The Morgan fingerprint density at radius 2 is 1.90 bits per heavy atom.